The quantitative estimate of drug-likeness (QED) is 0.642. The van der Waals surface area contributed by atoms with Crippen LogP contribution in [-0.4, -0.2) is 18.3 Å². The Labute approximate surface area is 68.8 Å². The Balaban J connectivity index is 2.59. The Kier molecular flexibility index (Phi) is 2.26. The molecule has 0 saturated heterocycles. The third kappa shape index (κ3) is 1.42. The summed E-state index contributed by atoms with van der Waals surface area (Å²) in [6.07, 6.45) is 3.40. The van der Waals surface area contributed by atoms with Crippen molar-refractivity contribution >= 4 is 0 Å². The van der Waals surface area contributed by atoms with E-state index in [4.69, 9.17) is 10.8 Å². The second kappa shape index (κ2) is 2.76. The van der Waals surface area contributed by atoms with Gasteiger partial charge in [0.25, 0.3) is 0 Å². The largest absolute Gasteiger partial charge is 0.396 e. The lowest BCUT2D eigenvalue weighted by Crippen LogP contribution is -2.36. The van der Waals surface area contributed by atoms with Crippen LogP contribution >= 0.6 is 0 Å². The van der Waals surface area contributed by atoms with Gasteiger partial charge in [0.2, 0.25) is 0 Å². The van der Waals surface area contributed by atoms with E-state index in [1.807, 2.05) is 0 Å². The Morgan fingerprint density at radius 3 is 2.36 bits per heavy atom. The van der Waals surface area contributed by atoms with Crippen LogP contribution in [0.3, 0.4) is 0 Å². The molecule has 1 aliphatic carbocycles. The topological polar surface area (TPSA) is 46.2 Å². The maximum absolute atomic E-state index is 8.87. The number of rotatable bonds is 4. The molecule has 0 bridgehead atoms. The molecule has 0 heterocycles. The summed E-state index contributed by atoms with van der Waals surface area (Å²) >= 11 is 0. The second-order valence-electron chi connectivity index (χ2n) is 4.30. The molecule has 11 heavy (non-hydrogen) atoms. The molecule has 0 aliphatic heterocycles. The van der Waals surface area contributed by atoms with Crippen molar-refractivity contribution in [2.45, 2.75) is 33.1 Å². The van der Waals surface area contributed by atoms with E-state index in [0.29, 0.717) is 12.0 Å². The monoisotopic (exact) mass is 157 g/mol. The van der Waals surface area contributed by atoms with Gasteiger partial charge in [-0.2, -0.15) is 0 Å². The van der Waals surface area contributed by atoms with Crippen molar-refractivity contribution in [3.63, 3.8) is 0 Å². The summed E-state index contributed by atoms with van der Waals surface area (Å²) in [4.78, 5) is 0. The number of hydrogen-bond acceptors (Lipinski definition) is 2. The molecule has 1 unspecified atom stereocenters. The highest BCUT2D eigenvalue weighted by Gasteiger charge is 2.51. The normalized spacial score (nSPS) is 26.2. The zero-order chi connectivity index (χ0) is 8.54. The lowest BCUT2D eigenvalue weighted by molar-refractivity contribution is 0.127. The SMILES string of the molecule is CC(CN)(CCO)C1(C)CC1. The van der Waals surface area contributed by atoms with Gasteiger partial charge in [0.05, 0.1) is 0 Å². The molecule has 0 radical (unpaired) electrons. The Morgan fingerprint density at radius 2 is 2.09 bits per heavy atom. The minimum absolute atomic E-state index is 0.168. The van der Waals surface area contributed by atoms with Gasteiger partial charge in [0, 0.05) is 6.61 Å². The van der Waals surface area contributed by atoms with Crippen LogP contribution in [0.4, 0.5) is 0 Å². The first-order valence-corrected chi connectivity index (χ1v) is 4.39. The maximum Gasteiger partial charge on any atom is 0.0436 e. The molecule has 1 fully saturated rings. The molecule has 0 aromatic carbocycles. The molecule has 66 valence electrons. The van der Waals surface area contributed by atoms with E-state index in [1.54, 1.807) is 0 Å². The van der Waals surface area contributed by atoms with Gasteiger partial charge in [-0.25, -0.2) is 0 Å². The molecule has 1 saturated carbocycles. The summed E-state index contributed by atoms with van der Waals surface area (Å²) < 4.78 is 0. The third-order valence-electron chi connectivity index (χ3n) is 3.57. The van der Waals surface area contributed by atoms with E-state index in [1.165, 1.54) is 12.8 Å². The van der Waals surface area contributed by atoms with Crippen LogP contribution < -0.4 is 5.73 Å². The van der Waals surface area contributed by atoms with E-state index >= 15 is 0 Å². The molecule has 0 amide bonds. The first kappa shape index (κ1) is 9.01. The first-order chi connectivity index (χ1) is 5.08. The summed E-state index contributed by atoms with van der Waals surface area (Å²) in [7, 11) is 0. The van der Waals surface area contributed by atoms with Crippen LogP contribution in [0.25, 0.3) is 0 Å². The fraction of sp³-hybridized carbons (Fsp3) is 1.00. The van der Waals surface area contributed by atoms with Crippen LogP contribution in [0.1, 0.15) is 33.1 Å². The molecule has 2 heteroatoms. The lowest BCUT2D eigenvalue weighted by atomic mass is 9.73. The molecular formula is C9H19NO. The van der Waals surface area contributed by atoms with Crippen molar-refractivity contribution in [3.8, 4) is 0 Å². The summed E-state index contributed by atoms with van der Waals surface area (Å²) in [5.41, 5.74) is 6.30. The van der Waals surface area contributed by atoms with E-state index in [9.17, 15) is 0 Å². The average Bonchev–Trinajstić information content (AvgIpc) is 2.70. The van der Waals surface area contributed by atoms with Crippen LogP contribution in [0.5, 0.6) is 0 Å². The van der Waals surface area contributed by atoms with E-state index < -0.39 is 0 Å². The zero-order valence-electron chi connectivity index (χ0n) is 7.56. The van der Waals surface area contributed by atoms with Crippen molar-refractivity contribution in [2.24, 2.45) is 16.6 Å². The van der Waals surface area contributed by atoms with Gasteiger partial charge in [-0.3, -0.25) is 0 Å². The summed E-state index contributed by atoms with van der Waals surface area (Å²) in [5, 5.41) is 8.87. The van der Waals surface area contributed by atoms with E-state index in [-0.39, 0.29) is 12.0 Å². The lowest BCUT2D eigenvalue weighted by Gasteiger charge is -2.34. The zero-order valence-corrected chi connectivity index (χ0v) is 7.56. The fourth-order valence-electron chi connectivity index (χ4n) is 1.69. The van der Waals surface area contributed by atoms with Crippen molar-refractivity contribution in [1.29, 1.82) is 0 Å². The van der Waals surface area contributed by atoms with Crippen LogP contribution in [0.15, 0.2) is 0 Å². The molecule has 2 nitrogen and oxygen atoms in total. The van der Waals surface area contributed by atoms with Crippen LogP contribution in [0, 0.1) is 10.8 Å². The highest BCUT2D eigenvalue weighted by molar-refractivity contribution is 5.02. The predicted molar refractivity (Wildman–Crippen MR) is 46.2 cm³/mol. The molecular weight excluding hydrogens is 138 g/mol. The second-order valence-corrected chi connectivity index (χ2v) is 4.30. The summed E-state index contributed by atoms with van der Waals surface area (Å²) in [6.45, 7) is 5.43. The van der Waals surface area contributed by atoms with Gasteiger partial charge in [-0.1, -0.05) is 13.8 Å². The van der Waals surface area contributed by atoms with Gasteiger partial charge in [0.15, 0.2) is 0 Å². The van der Waals surface area contributed by atoms with E-state index in [2.05, 4.69) is 13.8 Å². The standard InChI is InChI=1S/C9H19NO/c1-8(3-4-8)9(2,7-10)5-6-11/h11H,3-7,10H2,1-2H3. The summed E-state index contributed by atoms with van der Waals surface area (Å²) in [6, 6.07) is 0. The van der Waals surface area contributed by atoms with Gasteiger partial charge in [-0.05, 0) is 36.6 Å². The highest BCUT2D eigenvalue weighted by atomic mass is 16.3. The summed E-state index contributed by atoms with van der Waals surface area (Å²) in [5.74, 6) is 0. The molecule has 0 spiro atoms. The van der Waals surface area contributed by atoms with Crippen molar-refractivity contribution in [3.05, 3.63) is 0 Å². The minimum atomic E-state index is 0.168. The average molecular weight is 157 g/mol. The Hall–Kier alpha value is -0.0800. The highest BCUT2D eigenvalue weighted by Crippen LogP contribution is 2.59. The Bertz CT molecular complexity index is 142. The molecule has 0 aromatic heterocycles. The van der Waals surface area contributed by atoms with Crippen molar-refractivity contribution in [2.75, 3.05) is 13.2 Å². The maximum atomic E-state index is 8.87. The van der Waals surface area contributed by atoms with Gasteiger partial charge in [0.1, 0.15) is 0 Å². The first-order valence-electron chi connectivity index (χ1n) is 4.39. The number of aliphatic hydroxyl groups is 1. The van der Waals surface area contributed by atoms with Crippen molar-refractivity contribution in [1.82, 2.24) is 0 Å². The molecule has 1 rings (SSSR count). The smallest absolute Gasteiger partial charge is 0.0436 e. The third-order valence-corrected chi connectivity index (χ3v) is 3.57. The van der Waals surface area contributed by atoms with Gasteiger partial charge < -0.3 is 10.8 Å². The molecule has 1 atom stereocenters. The van der Waals surface area contributed by atoms with E-state index in [0.717, 1.165) is 6.42 Å². The van der Waals surface area contributed by atoms with Crippen LogP contribution in [0.2, 0.25) is 0 Å². The fourth-order valence-corrected chi connectivity index (χ4v) is 1.69. The van der Waals surface area contributed by atoms with Crippen molar-refractivity contribution < 1.29 is 5.11 Å². The van der Waals surface area contributed by atoms with Crippen LogP contribution in [-0.2, 0) is 0 Å². The molecule has 1 aliphatic rings. The predicted octanol–water partition coefficient (Wildman–Crippen LogP) is 1.13. The minimum Gasteiger partial charge on any atom is -0.396 e. The number of aliphatic hydroxyl groups excluding tert-OH is 1. The number of hydrogen-bond donors (Lipinski definition) is 2. The number of nitrogens with two attached hydrogens (primary N) is 1. The van der Waals surface area contributed by atoms with Gasteiger partial charge >= 0.3 is 0 Å². The Morgan fingerprint density at radius 1 is 1.55 bits per heavy atom. The molecule has 3 N–H and O–H groups in total. The molecule has 0 aromatic rings. The van der Waals surface area contributed by atoms with Gasteiger partial charge in [-0.15, -0.1) is 0 Å².